The molecule has 2 aromatic rings. The van der Waals surface area contributed by atoms with E-state index in [0.717, 1.165) is 17.7 Å². The van der Waals surface area contributed by atoms with Gasteiger partial charge in [0.25, 0.3) is 5.91 Å². The van der Waals surface area contributed by atoms with Gasteiger partial charge in [-0.1, -0.05) is 18.2 Å². The lowest BCUT2D eigenvalue weighted by Crippen LogP contribution is -2.33. The largest absolute Gasteiger partial charge is 0.480 e. The molecule has 3 rings (SSSR count). The summed E-state index contributed by atoms with van der Waals surface area (Å²) in [6.45, 7) is 1.22. The quantitative estimate of drug-likeness (QED) is 0.852. The van der Waals surface area contributed by atoms with Gasteiger partial charge in [0.05, 0.1) is 7.11 Å². The SMILES string of the molecule is COc1ncccc1C(=O)N1CCS[C@H](c2ccccc2F)CC1. The maximum Gasteiger partial charge on any atom is 0.259 e. The van der Waals surface area contributed by atoms with Crippen LogP contribution in [-0.2, 0) is 0 Å². The summed E-state index contributed by atoms with van der Waals surface area (Å²) in [5.74, 6) is 0.844. The summed E-state index contributed by atoms with van der Waals surface area (Å²) in [7, 11) is 1.51. The first-order valence-corrected chi connectivity index (χ1v) is 8.90. The van der Waals surface area contributed by atoms with Crippen LogP contribution in [0.3, 0.4) is 0 Å². The molecule has 1 aromatic carbocycles. The first-order valence-electron chi connectivity index (χ1n) is 7.85. The van der Waals surface area contributed by atoms with Gasteiger partial charge in [0.2, 0.25) is 5.88 Å². The predicted molar refractivity (Wildman–Crippen MR) is 92.9 cm³/mol. The Labute approximate surface area is 145 Å². The number of methoxy groups -OCH3 is 1. The predicted octanol–water partition coefficient (Wildman–Crippen LogP) is 3.55. The summed E-state index contributed by atoms with van der Waals surface area (Å²) in [4.78, 5) is 18.7. The number of rotatable bonds is 3. The van der Waals surface area contributed by atoms with Crippen LogP contribution in [0.5, 0.6) is 5.88 Å². The maximum atomic E-state index is 14.0. The normalized spacial score (nSPS) is 18.1. The summed E-state index contributed by atoms with van der Waals surface area (Å²) in [5, 5.41) is 0.0693. The fourth-order valence-corrected chi connectivity index (χ4v) is 4.10. The molecule has 1 fully saturated rings. The molecule has 126 valence electrons. The molecule has 1 aliphatic heterocycles. The van der Waals surface area contributed by atoms with Crippen LogP contribution < -0.4 is 4.74 Å². The zero-order valence-electron chi connectivity index (χ0n) is 13.4. The minimum Gasteiger partial charge on any atom is -0.480 e. The Balaban J connectivity index is 1.74. The minimum atomic E-state index is -0.177. The van der Waals surface area contributed by atoms with E-state index in [1.165, 1.54) is 13.2 Å². The van der Waals surface area contributed by atoms with Crippen LogP contribution in [0.2, 0.25) is 0 Å². The highest BCUT2D eigenvalue weighted by Crippen LogP contribution is 2.36. The van der Waals surface area contributed by atoms with Gasteiger partial charge in [0, 0.05) is 35.9 Å². The Morgan fingerprint density at radius 1 is 1.29 bits per heavy atom. The highest BCUT2D eigenvalue weighted by atomic mass is 32.2. The second-order valence-corrected chi connectivity index (χ2v) is 6.83. The molecule has 2 heterocycles. The van der Waals surface area contributed by atoms with E-state index in [-0.39, 0.29) is 17.0 Å². The summed E-state index contributed by atoms with van der Waals surface area (Å²) in [6, 6.07) is 10.3. The third-order valence-electron chi connectivity index (χ3n) is 4.08. The monoisotopic (exact) mass is 346 g/mol. The van der Waals surface area contributed by atoms with Crippen molar-refractivity contribution in [2.45, 2.75) is 11.7 Å². The molecule has 1 aromatic heterocycles. The molecule has 0 bridgehead atoms. The van der Waals surface area contributed by atoms with E-state index in [9.17, 15) is 9.18 Å². The van der Waals surface area contributed by atoms with E-state index in [1.54, 1.807) is 41.1 Å². The van der Waals surface area contributed by atoms with Crippen molar-refractivity contribution in [3.8, 4) is 5.88 Å². The van der Waals surface area contributed by atoms with Crippen LogP contribution >= 0.6 is 11.8 Å². The number of thioether (sulfide) groups is 1. The molecule has 0 saturated carbocycles. The second kappa shape index (κ2) is 7.66. The Hall–Kier alpha value is -2.08. The number of aromatic nitrogens is 1. The lowest BCUT2D eigenvalue weighted by Gasteiger charge is -2.21. The van der Waals surface area contributed by atoms with E-state index in [1.807, 2.05) is 12.1 Å². The third-order valence-corrected chi connectivity index (χ3v) is 5.39. The molecule has 1 aliphatic rings. The van der Waals surface area contributed by atoms with Gasteiger partial charge < -0.3 is 9.64 Å². The molecule has 0 aliphatic carbocycles. The molecule has 0 N–H and O–H groups in total. The number of amides is 1. The maximum absolute atomic E-state index is 14.0. The van der Waals surface area contributed by atoms with Crippen LogP contribution in [0.15, 0.2) is 42.6 Å². The van der Waals surface area contributed by atoms with Gasteiger partial charge in [-0.2, -0.15) is 11.8 Å². The molecule has 1 saturated heterocycles. The summed E-state index contributed by atoms with van der Waals surface area (Å²) < 4.78 is 19.2. The van der Waals surface area contributed by atoms with E-state index >= 15 is 0 Å². The summed E-state index contributed by atoms with van der Waals surface area (Å²) in [5.41, 5.74) is 1.19. The average molecular weight is 346 g/mol. The highest BCUT2D eigenvalue weighted by molar-refractivity contribution is 7.99. The number of benzene rings is 1. The van der Waals surface area contributed by atoms with Gasteiger partial charge in [0.15, 0.2) is 0 Å². The number of pyridine rings is 1. The van der Waals surface area contributed by atoms with Crippen LogP contribution in [-0.4, -0.2) is 41.7 Å². The fourth-order valence-electron chi connectivity index (χ4n) is 2.84. The molecule has 1 amide bonds. The van der Waals surface area contributed by atoms with Crippen molar-refractivity contribution in [3.63, 3.8) is 0 Å². The number of hydrogen-bond donors (Lipinski definition) is 0. The molecule has 6 heteroatoms. The fraction of sp³-hybridized carbons (Fsp3) is 0.333. The Bertz CT molecular complexity index is 726. The van der Waals surface area contributed by atoms with Gasteiger partial charge in [-0.05, 0) is 24.6 Å². The van der Waals surface area contributed by atoms with Crippen LogP contribution in [0, 0.1) is 5.82 Å². The van der Waals surface area contributed by atoms with Crippen molar-refractivity contribution < 1.29 is 13.9 Å². The number of nitrogens with zero attached hydrogens (tertiary/aromatic N) is 2. The lowest BCUT2D eigenvalue weighted by atomic mass is 10.1. The highest BCUT2D eigenvalue weighted by Gasteiger charge is 2.26. The molecule has 4 nitrogen and oxygen atoms in total. The molecule has 0 spiro atoms. The Morgan fingerprint density at radius 2 is 2.12 bits per heavy atom. The van der Waals surface area contributed by atoms with E-state index in [0.29, 0.717) is 24.5 Å². The first-order chi connectivity index (χ1) is 11.7. The van der Waals surface area contributed by atoms with Crippen molar-refractivity contribution >= 4 is 17.7 Å². The standard InChI is InChI=1S/C18H19FN2O2S/c1-23-17-14(6-4-9-20-17)18(22)21-10-8-16(24-12-11-21)13-5-2-3-7-15(13)19/h2-7,9,16H,8,10-12H2,1H3/t16-/m0/s1. The Morgan fingerprint density at radius 3 is 2.92 bits per heavy atom. The van der Waals surface area contributed by atoms with Crippen molar-refractivity contribution in [2.24, 2.45) is 0 Å². The van der Waals surface area contributed by atoms with Crippen molar-refractivity contribution in [3.05, 3.63) is 59.5 Å². The molecule has 1 atom stereocenters. The first kappa shape index (κ1) is 16.8. The molecule has 24 heavy (non-hydrogen) atoms. The van der Waals surface area contributed by atoms with Crippen molar-refractivity contribution in [1.82, 2.24) is 9.88 Å². The zero-order chi connectivity index (χ0) is 16.9. The van der Waals surface area contributed by atoms with E-state index in [4.69, 9.17) is 4.74 Å². The van der Waals surface area contributed by atoms with Crippen molar-refractivity contribution in [1.29, 1.82) is 0 Å². The van der Waals surface area contributed by atoms with E-state index < -0.39 is 0 Å². The van der Waals surface area contributed by atoms with Gasteiger partial charge in [-0.15, -0.1) is 0 Å². The second-order valence-electron chi connectivity index (χ2n) is 5.52. The lowest BCUT2D eigenvalue weighted by molar-refractivity contribution is 0.0762. The van der Waals surface area contributed by atoms with Gasteiger partial charge in [-0.25, -0.2) is 9.37 Å². The van der Waals surface area contributed by atoms with Crippen LogP contribution in [0.25, 0.3) is 0 Å². The number of hydrogen-bond acceptors (Lipinski definition) is 4. The van der Waals surface area contributed by atoms with Crippen LogP contribution in [0.4, 0.5) is 4.39 Å². The third kappa shape index (κ3) is 3.53. The number of carbonyl (C=O) groups is 1. The Kier molecular flexibility index (Phi) is 5.35. The van der Waals surface area contributed by atoms with Gasteiger partial charge in [-0.3, -0.25) is 4.79 Å². The van der Waals surface area contributed by atoms with Gasteiger partial charge >= 0.3 is 0 Å². The summed E-state index contributed by atoms with van der Waals surface area (Å²) in [6.07, 6.45) is 2.32. The molecular formula is C18H19FN2O2S. The van der Waals surface area contributed by atoms with E-state index in [2.05, 4.69) is 4.98 Å². The zero-order valence-corrected chi connectivity index (χ0v) is 14.3. The summed E-state index contributed by atoms with van der Waals surface area (Å²) >= 11 is 1.70. The molecule has 0 radical (unpaired) electrons. The molecular weight excluding hydrogens is 327 g/mol. The van der Waals surface area contributed by atoms with Crippen LogP contribution in [0.1, 0.15) is 27.6 Å². The number of ether oxygens (including phenoxy) is 1. The minimum absolute atomic E-state index is 0.0693. The number of carbonyl (C=O) groups excluding carboxylic acids is 1. The van der Waals surface area contributed by atoms with Gasteiger partial charge in [0.1, 0.15) is 11.4 Å². The molecule has 0 unspecified atom stereocenters. The smallest absolute Gasteiger partial charge is 0.259 e. The topological polar surface area (TPSA) is 42.4 Å². The number of halogens is 1. The van der Waals surface area contributed by atoms with Crippen molar-refractivity contribution in [2.75, 3.05) is 26.0 Å². The average Bonchev–Trinajstić information content (AvgIpc) is 2.87.